The van der Waals surface area contributed by atoms with Crippen LogP contribution in [0.5, 0.6) is 5.75 Å². The van der Waals surface area contributed by atoms with Crippen molar-refractivity contribution in [2.75, 3.05) is 26.7 Å². The van der Waals surface area contributed by atoms with Crippen molar-refractivity contribution < 1.29 is 9.53 Å². The van der Waals surface area contributed by atoms with Crippen LogP contribution >= 0.6 is 0 Å². The Morgan fingerprint density at radius 2 is 1.97 bits per heavy atom. The third kappa shape index (κ3) is 3.90. The first kappa shape index (κ1) is 22.5. The summed E-state index contributed by atoms with van der Waals surface area (Å²) in [5, 5.41) is 3.51. The number of rotatable bonds is 5. The number of para-hydroxylation sites is 2. The van der Waals surface area contributed by atoms with Crippen LogP contribution in [-0.4, -0.2) is 58.7 Å². The highest BCUT2D eigenvalue weighted by atomic mass is 16.5. The molecule has 3 unspecified atom stereocenters. The zero-order chi connectivity index (χ0) is 24.2. The summed E-state index contributed by atoms with van der Waals surface area (Å²) < 4.78 is 7.28. The molecule has 0 radical (unpaired) electrons. The molecule has 0 saturated carbocycles. The second-order valence-electron chi connectivity index (χ2n) is 10.4. The van der Waals surface area contributed by atoms with Crippen LogP contribution in [0.15, 0.2) is 47.3 Å². The second kappa shape index (κ2) is 8.62. The minimum Gasteiger partial charge on any atom is -0.497 e. The van der Waals surface area contributed by atoms with Gasteiger partial charge in [-0.1, -0.05) is 18.2 Å². The third-order valence-corrected chi connectivity index (χ3v) is 8.36. The van der Waals surface area contributed by atoms with Gasteiger partial charge in [-0.05, 0) is 67.5 Å². The fourth-order valence-corrected chi connectivity index (χ4v) is 6.49. The molecule has 3 aliphatic rings. The summed E-state index contributed by atoms with van der Waals surface area (Å²) in [7, 11) is 1.69. The van der Waals surface area contributed by atoms with Crippen molar-refractivity contribution in [1.82, 2.24) is 19.8 Å². The number of methoxy groups -OCH3 is 1. The average Bonchev–Trinajstić information content (AvgIpc) is 3.40. The number of nitrogens with two attached hydrogens (primary N) is 1. The Morgan fingerprint density at radius 1 is 1.17 bits per heavy atom. The molecule has 0 amide bonds. The molecule has 2 saturated heterocycles. The number of benzene rings is 2. The number of hydrogen-bond acceptors (Lipinski definition) is 6. The quantitative estimate of drug-likeness (QED) is 0.523. The molecule has 3 aromatic rings. The topological polar surface area (TPSA) is 105 Å². The number of piperidine rings is 1. The van der Waals surface area contributed by atoms with Crippen molar-refractivity contribution in [2.24, 2.45) is 5.73 Å². The smallest absolute Gasteiger partial charge is 0.326 e. The zero-order valence-corrected chi connectivity index (χ0v) is 20.1. The Kier molecular flexibility index (Phi) is 5.55. The van der Waals surface area contributed by atoms with Gasteiger partial charge in [0.15, 0.2) is 5.78 Å². The number of Topliss-reactive ketones (excluding diaryl/α,β-unsaturated/α-hetero) is 1. The molecule has 3 heterocycles. The van der Waals surface area contributed by atoms with Crippen molar-refractivity contribution in [3.63, 3.8) is 0 Å². The van der Waals surface area contributed by atoms with Crippen LogP contribution in [0.4, 0.5) is 0 Å². The summed E-state index contributed by atoms with van der Waals surface area (Å²) >= 11 is 0. The van der Waals surface area contributed by atoms with Crippen LogP contribution in [0.3, 0.4) is 0 Å². The SMILES string of the molecule is COc1ccc2c(c1)CCC1NC(N)(C(=O)CN3CCC(n4c(=O)[nH]c5ccccc54)CC3)CC21. The fourth-order valence-electron chi connectivity index (χ4n) is 6.49. The van der Waals surface area contributed by atoms with Gasteiger partial charge in [0.05, 0.1) is 24.7 Å². The van der Waals surface area contributed by atoms with Crippen LogP contribution in [0, 0.1) is 0 Å². The lowest BCUT2D eigenvalue weighted by atomic mass is 9.78. The first-order valence-electron chi connectivity index (χ1n) is 12.6. The van der Waals surface area contributed by atoms with Gasteiger partial charge in [0.2, 0.25) is 0 Å². The first-order chi connectivity index (χ1) is 16.9. The number of hydrogen-bond donors (Lipinski definition) is 3. The van der Waals surface area contributed by atoms with E-state index in [1.807, 2.05) is 34.9 Å². The molecule has 1 aromatic heterocycles. The number of aryl methyl sites for hydroxylation is 1. The number of aromatic amines is 1. The van der Waals surface area contributed by atoms with Gasteiger partial charge in [0, 0.05) is 31.1 Å². The van der Waals surface area contributed by atoms with E-state index in [1.165, 1.54) is 11.1 Å². The maximum atomic E-state index is 13.4. The van der Waals surface area contributed by atoms with E-state index in [0.29, 0.717) is 13.0 Å². The van der Waals surface area contributed by atoms with Crippen molar-refractivity contribution in [3.05, 3.63) is 64.1 Å². The molecule has 0 spiro atoms. The number of imidazole rings is 1. The number of ether oxygens (including phenoxy) is 1. The molecule has 35 heavy (non-hydrogen) atoms. The van der Waals surface area contributed by atoms with Crippen LogP contribution in [0.25, 0.3) is 11.0 Å². The van der Waals surface area contributed by atoms with Gasteiger partial charge in [-0.3, -0.25) is 19.6 Å². The Hall–Kier alpha value is -2.94. The van der Waals surface area contributed by atoms with Crippen LogP contribution in [0.2, 0.25) is 0 Å². The van der Waals surface area contributed by atoms with E-state index in [2.05, 4.69) is 27.3 Å². The van der Waals surface area contributed by atoms with Crippen LogP contribution in [-0.2, 0) is 11.2 Å². The first-order valence-corrected chi connectivity index (χ1v) is 12.6. The van der Waals surface area contributed by atoms with Crippen LogP contribution < -0.4 is 21.5 Å². The predicted octanol–water partition coefficient (Wildman–Crippen LogP) is 2.29. The summed E-state index contributed by atoms with van der Waals surface area (Å²) in [4.78, 5) is 31.1. The standard InChI is InChI=1S/C27H33N5O3/c1-35-19-7-8-20-17(14-19)6-9-22-21(20)15-27(28,30-22)25(33)16-31-12-10-18(11-13-31)32-24-5-3-2-4-23(24)29-26(32)34/h2-5,7-8,14,18,21-22,30H,6,9-13,15-16,28H2,1H3,(H,29,34). The normalized spacial score (nSPS) is 27.0. The minimum atomic E-state index is -0.999. The molecule has 1 aliphatic carbocycles. The van der Waals surface area contributed by atoms with Crippen molar-refractivity contribution in [2.45, 2.75) is 55.8 Å². The van der Waals surface area contributed by atoms with Gasteiger partial charge < -0.3 is 15.5 Å². The monoisotopic (exact) mass is 475 g/mol. The van der Waals surface area contributed by atoms with E-state index in [9.17, 15) is 9.59 Å². The highest BCUT2D eigenvalue weighted by Gasteiger charge is 2.49. The van der Waals surface area contributed by atoms with Gasteiger partial charge in [0.1, 0.15) is 11.4 Å². The summed E-state index contributed by atoms with van der Waals surface area (Å²) in [6.07, 6.45) is 4.23. The molecule has 0 bridgehead atoms. The molecule has 2 aromatic carbocycles. The molecule has 2 aliphatic heterocycles. The maximum absolute atomic E-state index is 13.4. The Balaban J connectivity index is 1.11. The fraction of sp³-hybridized carbons (Fsp3) is 0.481. The van der Waals surface area contributed by atoms with Crippen molar-refractivity contribution in [3.8, 4) is 5.75 Å². The van der Waals surface area contributed by atoms with Gasteiger partial charge >= 0.3 is 5.69 Å². The summed E-state index contributed by atoms with van der Waals surface area (Å²) in [5.41, 5.74) is 10.1. The highest BCUT2D eigenvalue weighted by Crippen LogP contribution is 2.42. The molecule has 2 fully saturated rings. The number of nitrogens with zero attached hydrogens (tertiary/aromatic N) is 2. The van der Waals surface area contributed by atoms with E-state index >= 15 is 0 Å². The van der Waals surface area contributed by atoms with Crippen molar-refractivity contribution >= 4 is 16.8 Å². The molecule has 8 heteroatoms. The van der Waals surface area contributed by atoms with Gasteiger partial charge in [-0.2, -0.15) is 0 Å². The Morgan fingerprint density at radius 3 is 2.77 bits per heavy atom. The lowest BCUT2D eigenvalue weighted by Crippen LogP contribution is -2.60. The van der Waals surface area contributed by atoms with E-state index in [1.54, 1.807) is 7.11 Å². The van der Waals surface area contributed by atoms with Crippen molar-refractivity contribution in [1.29, 1.82) is 0 Å². The number of carbonyl (C=O) groups excluding carboxylic acids is 1. The minimum absolute atomic E-state index is 0.0581. The number of carbonyl (C=O) groups is 1. The molecule has 3 atom stereocenters. The second-order valence-corrected chi connectivity index (χ2v) is 10.4. The molecule has 4 N–H and O–H groups in total. The lowest BCUT2D eigenvalue weighted by molar-refractivity contribution is -0.126. The van der Waals surface area contributed by atoms with Gasteiger partial charge in [-0.15, -0.1) is 0 Å². The molecular formula is C27H33N5O3. The highest BCUT2D eigenvalue weighted by molar-refractivity contribution is 5.90. The van der Waals surface area contributed by atoms with E-state index in [4.69, 9.17) is 10.5 Å². The number of ketones is 1. The molecule has 6 rings (SSSR count). The lowest BCUT2D eigenvalue weighted by Gasteiger charge is -2.34. The Bertz CT molecular complexity index is 1320. The van der Waals surface area contributed by atoms with Gasteiger partial charge in [-0.25, -0.2) is 4.79 Å². The molecule has 8 nitrogen and oxygen atoms in total. The molecular weight excluding hydrogens is 442 g/mol. The van der Waals surface area contributed by atoms with E-state index in [0.717, 1.165) is 55.6 Å². The Labute approximate surface area is 204 Å². The number of aromatic nitrogens is 2. The molecule has 184 valence electrons. The number of H-pyrrole nitrogens is 1. The largest absolute Gasteiger partial charge is 0.497 e. The van der Waals surface area contributed by atoms with E-state index < -0.39 is 5.66 Å². The third-order valence-electron chi connectivity index (χ3n) is 8.36. The maximum Gasteiger partial charge on any atom is 0.326 e. The summed E-state index contributed by atoms with van der Waals surface area (Å²) in [6, 6.07) is 14.4. The summed E-state index contributed by atoms with van der Waals surface area (Å²) in [5.74, 6) is 1.18. The van der Waals surface area contributed by atoms with Crippen LogP contribution in [0.1, 0.15) is 48.8 Å². The summed E-state index contributed by atoms with van der Waals surface area (Å²) in [6.45, 7) is 1.88. The number of likely N-dealkylation sites (tertiary alicyclic amines) is 1. The van der Waals surface area contributed by atoms with Gasteiger partial charge in [0.25, 0.3) is 0 Å². The average molecular weight is 476 g/mol. The zero-order valence-electron chi connectivity index (χ0n) is 20.1. The predicted molar refractivity (Wildman–Crippen MR) is 135 cm³/mol. The number of fused-ring (bicyclic) bond motifs is 4. The number of nitrogens with one attached hydrogen (secondary N) is 2. The van der Waals surface area contributed by atoms with E-state index in [-0.39, 0.29) is 29.5 Å².